The molecular weight excluding hydrogens is 191 g/mol. The van der Waals surface area contributed by atoms with E-state index in [1.165, 1.54) is 51.4 Å². The molecule has 0 saturated heterocycles. The van der Waals surface area contributed by atoms with E-state index in [4.69, 9.17) is 0 Å². The highest BCUT2D eigenvalue weighted by Crippen LogP contribution is 2.51. The number of hydrogen-bond donors (Lipinski definition) is 0. The Kier molecular flexibility index (Phi) is 7.43. The van der Waals surface area contributed by atoms with E-state index >= 15 is 0 Å². The second-order valence-corrected chi connectivity index (χ2v) is 6.32. The summed E-state index contributed by atoms with van der Waals surface area (Å²) in [7, 11) is 2.47. The summed E-state index contributed by atoms with van der Waals surface area (Å²) >= 11 is 0. The molecule has 0 bridgehead atoms. The van der Waals surface area contributed by atoms with Crippen LogP contribution >= 0.6 is 0 Å². The van der Waals surface area contributed by atoms with Crippen LogP contribution in [0, 0.1) is 5.41 Å². The van der Waals surface area contributed by atoms with Crippen molar-refractivity contribution in [3.63, 3.8) is 0 Å². The Morgan fingerprint density at radius 1 is 0.812 bits per heavy atom. The molecule has 16 heavy (non-hydrogen) atoms. The summed E-state index contributed by atoms with van der Waals surface area (Å²) in [6.07, 6.45) is 11.1. The molecule has 0 aliphatic heterocycles. The molecule has 0 fully saturated rings. The van der Waals surface area contributed by atoms with Gasteiger partial charge in [0.15, 0.2) is 0 Å². The first-order valence-electron chi connectivity index (χ1n) is 7.43. The molecule has 0 aromatic carbocycles. The van der Waals surface area contributed by atoms with Gasteiger partial charge in [-0.3, -0.25) is 0 Å². The van der Waals surface area contributed by atoms with Crippen LogP contribution in [0.3, 0.4) is 0 Å². The molecule has 0 heterocycles. The van der Waals surface area contributed by atoms with Gasteiger partial charge in [-0.15, -0.1) is 0 Å². The minimum Gasteiger partial charge on any atom is -0.0655 e. The highest BCUT2D eigenvalue weighted by molar-refractivity contribution is 6.15. The van der Waals surface area contributed by atoms with Crippen LogP contribution in [0.4, 0.5) is 0 Å². The molecule has 0 saturated carbocycles. The van der Waals surface area contributed by atoms with Crippen molar-refractivity contribution in [1.29, 1.82) is 0 Å². The van der Waals surface area contributed by atoms with E-state index in [9.17, 15) is 0 Å². The fourth-order valence-electron chi connectivity index (χ4n) is 2.68. The third-order valence-electron chi connectivity index (χ3n) is 5.10. The summed E-state index contributed by atoms with van der Waals surface area (Å²) in [5, 5.41) is 0.526. The number of hydrogen-bond acceptors (Lipinski definition) is 0. The average Bonchev–Trinajstić information content (AvgIpc) is 2.27. The highest BCUT2D eigenvalue weighted by atomic mass is 14.4. The van der Waals surface area contributed by atoms with Crippen molar-refractivity contribution in [1.82, 2.24) is 0 Å². The molecule has 1 heteroatoms. The minimum atomic E-state index is 0.503. The molecule has 0 nitrogen and oxygen atoms in total. The zero-order valence-electron chi connectivity index (χ0n) is 12.7. The van der Waals surface area contributed by atoms with Crippen molar-refractivity contribution in [2.45, 2.75) is 91.3 Å². The van der Waals surface area contributed by atoms with Crippen molar-refractivity contribution >= 4 is 7.85 Å². The Balaban J connectivity index is 4.03. The quantitative estimate of drug-likeness (QED) is 0.382. The molecule has 0 N–H and O–H groups in total. The van der Waals surface area contributed by atoms with E-state index in [-0.39, 0.29) is 0 Å². The largest absolute Gasteiger partial charge is 0.110 e. The summed E-state index contributed by atoms with van der Waals surface area (Å²) in [5.41, 5.74) is 0.503. The molecule has 0 rings (SSSR count). The molecule has 96 valence electrons. The standard InChI is InChI=1S/C15H33B/c1-6-9-10-11-12-13-14(4,5)15(16,7-2)8-3/h6-13,16H2,1-5H3. The van der Waals surface area contributed by atoms with Gasteiger partial charge in [0, 0.05) is 0 Å². The summed E-state index contributed by atoms with van der Waals surface area (Å²) in [6.45, 7) is 11.9. The van der Waals surface area contributed by atoms with Crippen molar-refractivity contribution in [3.05, 3.63) is 0 Å². The van der Waals surface area contributed by atoms with Crippen LogP contribution in [0.15, 0.2) is 0 Å². The first-order chi connectivity index (χ1) is 7.43. The first kappa shape index (κ1) is 16.1. The smallest absolute Gasteiger partial charge is 0.0655 e. The van der Waals surface area contributed by atoms with Crippen molar-refractivity contribution < 1.29 is 0 Å². The van der Waals surface area contributed by atoms with Gasteiger partial charge in [-0.25, -0.2) is 0 Å². The minimum absolute atomic E-state index is 0.503. The van der Waals surface area contributed by atoms with Crippen LogP contribution in [-0.2, 0) is 0 Å². The lowest BCUT2D eigenvalue weighted by Crippen LogP contribution is -2.31. The van der Waals surface area contributed by atoms with E-state index in [1.54, 1.807) is 0 Å². The first-order valence-corrected chi connectivity index (χ1v) is 7.43. The van der Waals surface area contributed by atoms with Crippen molar-refractivity contribution in [3.8, 4) is 0 Å². The number of unbranched alkanes of at least 4 members (excludes halogenated alkanes) is 4. The van der Waals surface area contributed by atoms with Crippen LogP contribution in [0.25, 0.3) is 0 Å². The summed E-state index contributed by atoms with van der Waals surface area (Å²) in [6, 6.07) is 0. The van der Waals surface area contributed by atoms with E-state index in [1.807, 2.05) is 0 Å². The second kappa shape index (κ2) is 7.40. The Morgan fingerprint density at radius 3 is 1.75 bits per heavy atom. The fourth-order valence-corrected chi connectivity index (χ4v) is 2.68. The monoisotopic (exact) mass is 224 g/mol. The highest BCUT2D eigenvalue weighted by Gasteiger charge is 2.36. The van der Waals surface area contributed by atoms with E-state index in [2.05, 4.69) is 42.5 Å². The molecule has 0 spiro atoms. The van der Waals surface area contributed by atoms with Crippen LogP contribution in [0.1, 0.15) is 86.0 Å². The van der Waals surface area contributed by atoms with Gasteiger partial charge >= 0.3 is 0 Å². The second-order valence-electron chi connectivity index (χ2n) is 6.32. The zero-order chi connectivity index (χ0) is 12.7. The zero-order valence-corrected chi connectivity index (χ0v) is 12.7. The van der Waals surface area contributed by atoms with Gasteiger partial charge in [0.2, 0.25) is 0 Å². The predicted octanol–water partition coefficient (Wildman–Crippen LogP) is 4.98. The maximum absolute atomic E-state index is 2.47. The summed E-state index contributed by atoms with van der Waals surface area (Å²) in [4.78, 5) is 0. The van der Waals surface area contributed by atoms with Crippen molar-refractivity contribution in [2.75, 3.05) is 0 Å². The van der Waals surface area contributed by atoms with Crippen LogP contribution in [0.2, 0.25) is 5.31 Å². The summed E-state index contributed by atoms with van der Waals surface area (Å²) < 4.78 is 0. The van der Waals surface area contributed by atoms with Crippen LogP contribution < -0.4 is 0 Å². The predicted molar refractivity (Wildman–Crippen MR) is 79.0 cm³/mol. The summed E-state index contributed by atoms with van der Waals surface area (Å²) in [5.74, 6) is 0. The Morgan fingerprint density at radius 2 is 1.31 bits per heavy atom. The Hall–Kier alpha value is 0.0649. The lowest BCUT2D eigenvalue weighted by molar-refractivity contribution is 0.195. The lowest BCUT2D eigenvalue weighted by Gasteiger charge is -2.44. The van der Waals surface area contributed by atoms with E-state index in [0.717, 1.165) is 0 Å². The van der Waals surface area contributed by atoms with Crippen molar-refractivity contribution in [2.24, 2.45) is 5.41 Å². The van der Waals surface area contributed by atoms with Gasteiger partial charge in [0.05, 0.1) is 0 Å². The lowest BCUT2D eigenvalue weighted by atomic mass is 9.50. The van der Waals surface area contributed by atoms with Gasteiger partial charge in [0.1, 0.15) is 7.85 Å². The number of rotatable bonds is 9. The average molecular weight is 224 g/mol. The van der Waals surface area contributed by atoms with E-state index < -0.39 is 0 Å². The maximum atomic E-state index is 2.47. The van der Waals surface area contributed by atoms with Crippen LogP contribution in [0.5, 0.6) is 0 Å². The molecule has 0 aliphatic rings. The normalized spacial score (nSPS) is 13.1. The Bertz CT molecular complexity index is 168. The third kappa shape index (κ3) is 4.51. The SMILES string of the molecule is BC(CC)(CC)C(C)(C)CCCCCCC. The van der Waals surface area contributed by atoms with Gasteiger partial charge in [-0.05, 0) is 11.8 Å². The molecular formula is C15H33B. The third-order valence-corrected chi connectivity index (χ3v) is 5.10. The van der Waals surface area contributed by atoms with Gasteiger partial charge in [-0.1, -0.05) is 84.9 Å². The molecule has 0 radical (unpaired) electrons. The molecule has 0 unspecified atom stereocenters. The van der Waals surface area contributed by atoms with Gasteiger partial charge in [0.25, 0.3) is 0 Å². The van der Waals surface area contributed by atoms with Gasteiger partial charge < -0.3 is 0 Å². The molecule has 0 aliphatic carbocycles. The molecule has 0 aromatic rings. The van der Waals surface area contributed by atoms with E-state index in [0.29, 0.717) is 10.7 Å². The molecule has 0 amide bonds. The molecule has 0 aromatic heterocycles. The molecule has 0 atom stereocenters. The topological polar surface area (TPSA) is 0 Å². The maximum Gasteiger partial charge on any atom is 0.110 e. The fraction of sp³-hybridized carbons (Fsp3) is 1.00. The Labute approximate surface area is 105 Å². The van der Waals surface area contributed by atoms with Gasteiger partial charge in [-0.2, -0.15) is 0 Å². The van der Waals surface area contributed by atoms with Crippen LogP contribution in [-0.4, -0.2) is 7.85 Å².